The maximum atomic E-state index is 5.99. The number of rotatable bonds is 4. The first-order chi connectivity index (χ1) is 8.60. The van der Waals surface area contributed by atoms with Crippen LogP contribution in [-0.4, -0.2) is 16.8 Å². The summed E-state index contributed by atoms with van der Waals surface area (Å²) in [5, 5.41) is 4.18. The van der Waals surface area contributed by atoms with Gasteiger partial charge in [0.1, 0.15) is 0 Å². The Kier molecular flexibility index (Phi) is 4.30. The molecule has 0 atom stereocenters. The molecule has 96 valence electrons. The summed E-state index contributed by atoms with van der Waals surface area (Å²) in [4.78, 5) is 2.18. The number of benzene rings is 1. The predicted molar refractivity (Wildman–Crippen MR) is 79.0 cm³/mol. The van der Waals surface area contributed by atoms with Crippen LogP contribution in [0.2, 0.25) is 0 Å². The first-order valence-electron chi connectivity index (χ1n) is 5.63. The van der Waals surface area contributed by atoms with Crippen molar-refractivity contribution in [1.82, 2.24) is 9.78 Å². The van der Waals surface area contributed by atoms with Gasteiger partial charge in [0.15, 0.2) is 0 Å². The Morgan fingerprint density at radius 2 is 2.22 bits per heavy atom. The summed E-state index contributed by atoms with van der Waals surface area (Å²) in [6.07, 6.45) is 3.91. The highest BCUT2D eigenvalue weighted by molar-refractivity contribution is 9.10. The van der Waals surface area contributed by atoms with E-state index in [-0.39, 0.29) is 0 Å². The van der Waals surface area contributed by atoms with Gasteiger partial charge in [-0.3, -0.25) is 4.68 Å². The molecule has 5 heteroatoms. The van der Waals surface area contributed by atoms with Crippen LogP contribution >= 0.6 is 27.5 Å². The van der Waals surface area contributed by atoms with E-state index in [1.165, 1.54) is 5.56 Å². The fraction of sp³-hybridized carbons (Fsp3) is 0.308. The number of hydrogen-bond acceptors (Lipinski definition) is 2. The van der Waals surface area contributed by atoms with Gasteiger partial charge in [-0.25, -0.2) is 0 Å². The van der Waals surface area contributed by atoms with Crippen LogP contribution in [0, 0.1) is 0 Å². The average molecular weight is 329 g/mol. The Hall–Kier alpha value is -1.000. The molecule has 1 heterocycles. The lowest BCUT2D eigenvalue weighted by molar-refractivity contribution is 0.766. The molecule has 0 aliphatic carbocycles. The Bertz CT molecular complexity index is 539. The van der Waals surface area contributed by atoms with Crippen molar-refractivity contribution in [1.29, 1.82) is 0 Å². The molecule has 2 aromatic rings. The monoisotopic (exact) mass is 327 g/mol. The molecule has 0 aliphatic heterocycles. The van der Waals surface area contributed by atoms with Gasteiger partial charge in [0.05, 0.1) is 6.20 Å². The second kappa shape index (κ2) is 5.76. The van der Waals surface area contributed by atoms with E-state index in [1.54, 1.807) is 0 Å². The third kappa shape index (κ3) is 3.06. The predicted octanol–water partition coefficient (Wildman–Crippen LogP) is 3.56. The molecule has 0 spiro atoms. The fourth-order valence-electron chi connectivity index (χ4n) is 1.95. The van der Waals surface area contributed by atoms with Crippen molar-refractivity contribution >= 4 is 33.2 Å². The number of hydrogen-bond donors (Lipinski definition) is 0. The molecule has 3 nitrogen and oxygen atoms in total. The number of alkyl halides is 1. The second-order valence-electron chi connectivity index (χ2n) is 4.28. The summed E-state index contributed by atoms with van der Waals surface area (Å²) >= 11 is 9.46. The van der Waals surface area contributed by atoms with Crippen LogP contribution in [0.5, 0.6) is 0 Å². The van der Waals surface area contributed by atoms with Gasteiger partial charge in [-0.05, 0) is 23.8 Å². The zero-order valence-electron chi connectivity index (χ0n) is 10.4. The van der Waals surface area contributed by atoms with Gasteiger partial charge < -0.3 is 4.90 Å². The minimum atomic E-state index is 0.506. The Morgan fingerprint density at radius 3 is 2.83 bits per heavy atom. The molecule has 0 unspecified atom stereocenters. The van der Waals surface area contributed by atoms with Crippen molar-refractivity contribution in [2.45, 2.75) is 12.4 Å². The molecule has 1 aromatic heterocycles. The number of nitrogens with zero attached hydrogens (tertiary/aromatic N) is 3. The first kappa shape index (κ1) is 13.4. The summed E-state index contributed by atoms with van der Waals surface area (Å²) in [6, 6.07) is 6.17. The number of aromatic nitrogens is 2. The van der Waals surface area contributed by atoms with Crippen molar-refractivity contribution in [2.24, 2.45) is 7.05 Å². The summed E-state index contributed by atoms with van der Waals surface area (Å²) in [7, 11) is 3.99. The van der Waals surface area contributed by atoms with E-state index in [1.807, 2.05) is 30.2 Å². The molecule has 0 fully saturated rings. The van der Waals surface area contributed by atoms with Gasteiger partial charge in [-0.15, -0.1) is 11.6 Å². The molecule has 1 aromatic carbocycles. The lowest BCUT2D eigenvalue weighted by atomic mass is 10.2. The fourth-order valence-corrected chi connectivity index (χ4v) is 2.57. The van der Waals surface area contributed by atoms with Crippen LogP contribution in [0.25, 0.3) is 0 Å². The van der Waals surface area contributed by atoms with Gasteiger partial charge in [0.25, 0.3) is 0 Å². The van der Waals surface area contributed by atoms with Crippen LogP contribution in [0.15, 0.2) is 35.1 Å². The number of halogens is 2. The Labute approximate surface area is 120 Å². The smallest absolute Gasteiger partial charge is 0.0539 e. The van der Waals surface area contributed by atoms with Crippen molar-refractivity contribution in [3.05, 3.63) is 46.2 Å². The number of aryl methyl sites for hydroxylation is 1. The van der Waals surface area contributed by atoms with Gasteiger partial charge in [-0.1, -0.05) is 15.9 Å². The van der Waals surface area contributed by atoms with Gasteiger partial charge >= 0.3 is 0 Å². The molecule has 18 heavy (non-hydrogen) atoms. The van der Waals surface area contributed by atoms with Crippen LogP contribution in [-0.2, 0) is 19.5 Å². The molecule has 0 bridgehead atoms. The first-order valence-corrected chi connectivity index (χ1v) is 6.96. The largest absolute Gasteiger partial charge is 0.370 e. The highest BCUT2D eigenvalue weighted by Gasteiger charge is 2.09. The van der Waals surface area contributed by atoms with E-state index in [0.717, 1.165) is 22.3 Å². The van der Waals surface area contributed by atoms with E-state index in [2.05, 4.69) is 45.1 Å². The van der Waals surface area contributed by atoms with Crippen molar-refractivity contribution < 1.29 is 0 Å². The van der Waals surface area contributed by atoms with Crippen LogP contribution < -0.4 is 4.90 Å². The molecular weight excluding hydrogens is 314 g/mol. The number of anilines is 1. The highest BCUT2D eigenvalue weighted by atomic mass is 79.9. The minimum Gasteiger partial charge on any atom is -0.370 e. The molecule has 0 amide bonds. The molecule has 0 N–H and O–H groups in total. The molecule has 2 rings (SSSR count). The normalized spacial score (nSPS) is 10.7. The lowest BCUT2D eigenvalue weighted by Gasteiger charge is -2.21. The van der Waals surface area contributed by atoms with Crippen LogP contribution in [0.4, 0.5) is 5.69 Å². The molecule has 0 aliphatic rings. The van der Waals surface area contributed by atoms with E-state index in [4.69, 9.17) is 11.6 Å². The molecular formula is C13H15BrClN3. The Morgan fingerprint density at radius 1 is 1.44 bits per heavy atom. The topological polar surface area (TPSA) is 21.1 Å². The third-order valence-electron chi connectivity index (χ3n) is 2.77. The van der Waals surface area contributed by atoms with E-state index in [0.29, 0.717) is 5.88 Å². The van der Waals surface area contributed by atoms with E-state index < -0.39 is 0 Å². The maximum absolute atomic E-state index is 5.99. The third-order valence-corrected chi connectivity index (χ3v) is 3.56. The molecule has 0 saturated carbocycles. The van der Waals surface area contributed by atoms with Gasteiger partial charge in [0.2, 0.25) is 0 Å². The summed E-state index contributed by atoms with van der Waals surface area (Å²) in [6.45, 7) is 0.819. The zero-order chi connectivity index (χ0) is 13.1. The van der Waals surface area contributed by atoms with E-state index in [9.17, 15) is 0 Å². The van der Waals surface area contributed by atoms with Crippen LogP contribution in [0.1, 0.15) is 11.1 Å². The van der Waals surface area contributed by atoms with Crippen molar-refractivity contribution in [3.8, 4) is 0 Å². The van der Waals surface area contributed by atoms with Crippen molar-refractivity contribution in [2.75, 3.05) is 11.9 Å². The lowest BCUT2D eigenvalue weighted by Crippen LogP contribution is -2.17. The Balaban J connectivity index is 2.20. The standard InChI is InChI=1S/C13H15BrClN3/c1-17(8-10-7-16-18(2)9-10)13-4-3-12(14)5-11(13)6-15/h3-5,7,9H,6,8H2,1-2H3. The molecule has 0 radical (unpaired) electrons. The minimum absolute atomic E-state index is 0.506. The second-order valence-corrected chi connectivity index (χ2v) is 5.47. The van der Waals surface area contributed by atoms with Crippen LogP contribution in [0.3, 0.4) is 0 Å². The summed E-state index contributed by atoms with van der Waals surface area (Å²) in [5.41, 5.74) is 3.46. The summed E-state index contributed by atoms with van der Waals surface area (Å²) < 4.78 is 2.87. The van der Waals surface area contributed by atoms with Gasteiger partial charge in [-0.2, -0.15) is 5.10 Å². The average Bonchev–Trinajstić information content (AvgIpc) is 2.74. The zero-order valence-corrected chi connectivity index (χ0v) is 12.7. The van der Waals surface area contributed by atoms with E-state index >= 15 is 0 Å². The summed E-state index contributed by atoms with van der Waals surface area (Å²) in [5.74, 6) is 0.506. The van der Waals surface area contributed by atoms with Crippen molar-refractivity contribution in [3.63, 3.8) is 0 Å². The highest BCUT2D eigenvalue weighted by Crippen LogP contribution is 2.26. The quantitative estimate of drug-likeness (QED) is 0.800. The van der Waals surface area contributed by atoms with Gasteiger partial charge in [0, 0.05) is 48.4 Å². The molecule has 0 saturated heterocycles. The SMILES string of the molecule is CN(Cc1cnn(C)c1)c1ccc(Br)cc1CCl. The maximum Gasteiger partial charge on any atom is 0.0539 e.